The summed E-state index contributed by atoms with van der Waals surface area (Å²) in [6.07, 6.45) is 4.02. The summed E-state index contributed by atoms with van der Waals surface area (Å²) in [7, 11) is 0. The highest BCUT2D eigenvalue weighted by Gasteiger charge is 2.26. The summed E-state index contributed by atoms with van der Waals surface area (Å²) >= 11 is 0. The number of aromatic hydroxyl groups is 1. The lowest BCUT2D eigenvalue weighted by Crippen LogP contribution is -2.16. The summed E-state index contributed by atoms with van der Waals surface area (Å²) in [5, 5.41) is 29.8. The number of carboxylic acids is 1. The van der Waals surface area contributed by atoms with E-state index < -0.39 is 5.97 Å². The number of phenols is 1. The second-order valence-electron chi connectivity index (χ2n) is 9.90. The highest BCUT2D eigenvalue weighted by molar-refractivity contribution is 5.74. The van der Waals surface area contributed by atoms with Gasteiger partial charge in [0.05, 0.1) is 6.42 Å². The first kappa shape index (κ1) is 23.8. The van der Waals surface area contributed by atoms with Crippen molar-refractivity contribution >= 4 is 17.0 Å². The van der Waals surface area contributed by atoms with Crippen LogP contribution in [0.4, 0.5) is 0 Å². The molecule has 2 N–H and O–H groups in total. The van der Waals surface area contributed by atoms with E-state index in [0.29, 0.717) is 11.6 Å². The number of carbonyl (C=O) groups is 1. The summed E-state index contributed by atoms with van der Waals surface area (Å²) in [5.41, 5.74) is 3.32. The predicted molar refractivity (Wildman–Crippen MR) is 128 cm³/mol. The van der Waals surface area contributed by atoms with Gasteiger partial charge in [-0.3, -0.25) is 4.79 Å². The van der Waals surface area contributed by atoms with Crippen molar-refractivity contribution in [3.63, 3.8) is 0 Å². The molecule has 0 spiro atoms. The SMILES string of the molecule is CCC(C)CCCC(CC(=O)O)c1cc(-n2nc3ccccc3n2)c(O)c(C(C)(C)C)c1. The largest absolute Gasteiger partial charge is 0.505 e. The van der Waals surface area contributed by atoms with Crippen molar-refractivity contribution < 1.29 is 15.0 Å². The lowest BCUT2D eigenvalue weighted by atomic mass is 9.81. The van der Waals surface area contributed by atoms with E-state index in [-0.39, 0.29) is 23.5 Å². The molecule has 3 rings (SSSR count). The molecule has 2 aromatic carbocycles. The average Bonchev–Trinajstić information content (AvgIpc) is 3.16. The lowest BCUT2D eigenvalue weighted by Gasteiger charge is -2.25. The van der Waals surface area contributed by atoms with Crippen molar-refractivity contribution in [1.82, 2.24) is 15.0 Å². The number of aromatic nitrogens is 3. The van der Waals surface area contributed by atoms with Crippen molar-refractivity contribution in [1.29, 1.82) is 0 Å². The number of carboxylic acid groups (broad SMARTS) is 1. The summed E-state index contributed by atoms with van der Waals surface area (Å²) in [5.74, 6) is -0.188. The Morgan fingerprint density at radius 2 is 1.72 bits per heavy atom. The standard InChI is InChI=1S/C26H35N3O3/c1-6-17(2)10-9-11-18(16-24(30)31)19-14-20(26(3,4)5)25(32)23(15-19)29-27-21-12-7-8-13-22(21)28-29/h7-8,12-15,17-18,32H,6,9-11,16H2,1-5H3,(H,30,31). The molecule has 1 heterocycles. The van der Waals surface area contributed by atoms with Gasteiger partial charge in [0, 0.05) is 5.56 Å². The third-order valence-electron chi connectivity index (χ3n) is 6.26. The van der Waals surface area contributed by atoms with Crippen LogP contribution in [0.25, 0.3) is 16.7 Å². The quantitative estimate of drug-likeness (QED) is 0.416. The lowest BCUT2D eigenvalue weighted by molar-refractivity contribution is -0.137. The summed E-state index contributed by atoms with van der Waals surface area (Å²) in [6, 6.07) is 11.4. The Labute approximate surface area is 190 Å². The van der Waals surface area contributed by atoms with E-state index >= 15 is 0 Å². The van der Waals surface area contributed by atoms with Gasteiger partial charge in [-0.2, -0.15) is 0 Å². The Morgan fingerprint density at radius 3 is 2.25 bits per heavy atom. The fraction of sp³-hybridized carbons (Fsp3) is 0.500. The van der Waals surface area contributed by atoms with Crippen LogP contribution >= 0.6 is 0 Å². The Balaban J connectivity index is 2.08. The number of hydrogen-bond acceptors (Lipinski definition) is 4. The molecule has 2 unspecified atom stereocenters. The van der Waals surface area contributed by atoms with Crippen molar-refractivity contribution in [2.45, 2.75) is 78.1 Å². The normalized spacial score (nSPS) is 13.9. The van der Waals surface area contributed by atoms with Crippen LogP contribution in [0.2, 0.25) is 0 Å². The highest BCUT2D eigenvalue weighted by atomic mass is 16.4. The third kappa shape index (κ3) is 5.47. The Morgan fingerprint density at radius 1 is 1.09 bits per heavy atom. The highest BCUT2D eigenvalue weighted by Crippen LogP contribution is 2.39. The van der Waals surface area contributed by atoms with Crippen molar-refractivity contribution in [2.75, 3.05) is 0 Å². The maximum Gasteiger partial charge on any atom is 0.303 e. The van der Waals surface area contributed by atoms with E-state index in [1.807, 2.05) is 57.2 Å². The molecule has 172 valence electrons. The van der Waals surface area contributed by atoms with Crippen LogP contribution in [-0.4, -0.2) is 31.2 Å². The second-order valence-corrected chi connectivity index (χ2v) is 9.90. The molecule has 0 aliphatic carbocycles. The van der Waals surface area contributed by atoms with Crippen LogP contribution < -0.4 is 0 Å². The maximum atomic E-state index is 11.7. The minimum absolute atomic E-state index is 0.0583. The molecule has 0 radical (unpaired) electrons. The smallest absolute Gasteiger partial charge is 0.303 e. The fourth-order valence-corrected chi connectivity index (χ4v) is 4.08. The Kier molecular flexibility index (Phi) is 7.22. The van der Waals surface area contributed by atoms with Gasteiger partial charge in [0.15, 0.2) is 0 Å². The summed E-state index contributed by atoms with van der Waals surface area (Å²) in [6.45, 7) is 10.5. The van der Waals surface area contributed by atoms with Crippen molar-refractivity contribution in [3.8, 4) is 11.4 Å². The minimum Gasteiger partial charge on any atom is -0.505 e. The molecule has 2 atom stereocenters. The van der Waals surface area contributed by atoms with Crippen LogP contribution in [0.5, 0.6) is 5.75 Å². The van der Waals surface area contributed by atoms with Crippen LogP contribution in [0.15, 0.2) is 36.4 Å². The Hall–Kier alpha value is -2.89. The number of benzene rings is 2. The molecular formula is C26H35N3O3. The number of rotatable bonds is 9. The third-order valence-corrected chi connectivity index (χ3v) is 6.26. The molecule has 1 aromatic heterocycles. The zero-order valence-electron chi connectivity index (χ0n) is 19.8. The molecule has 6 nitrogen and oxygen atoms in total. The zero-order chi connectivity index (χ0) is 23.5. The van der Waals surface area contributed by atoms with E-state index in [9.17, 15) is 15.0 Å². The summed E-state index contributed by atoms with van der Waals surface area (Å²) in [4.78, 5) is 13.1. The van der Waals surface area contributed by atoms with Gasteiger partial charge in [-0.1, -0.05) is 72.1 Å². The van der Waals surface area contributed by atoms with Crippen LogP contribution in [-0.2, 0) is 10.2 Å². The monoisotopic (exact) mass is 437 g/mol. The number of nitrogens with zero attached hydrogens (tertiary/aromatic N) is 3. The zero-order valence-corrected chi connectivity index (χ0v) is 19.8. The van der Waals surface area contributed by atoms with Crippen molar-refractivity contribution in [2.24, 2.45) is 5.92 Å². The first-order valence-electron chi connectivity index (χ1n) is 11.5. The molecule has 0 fully saturated rings. The predicted octanol–water partition coefficient (Wildman–Crippen LogP) is 6.20. The number of hydrogen-bond donors (Lipinski definition) is 2. The average molecular weight is 438 g/mol. The topological polar surface area (TPSA) is 88.2 Å². The van der Waals surface area contributed by atoms with Gasteiger partial charge in [-0.25, -0.2) is 0 Å². The van der Waals surface area contributed by atoms with Gasteiger partial charge in [-0.15, -0.1) is 15.0 Å². The molecule has 0 aliphatic rings. The number of aliphatic carboxylic acids is 1. The van der Waals surface area contributed by atoms with Crippen LogP contribution in [0.3, 0.4) is 0 Å². The molecule has 3 aromatic rings. The molecule has 0 saturated carbocycles. The van der Waals surface area contributed by atoms with Crippen molar-refractivity contribution in [3.05, 3.63) is 47.5 Å². The van der Waals surface area contributed by atoms with Gasteiger partial charge >= 0.3 is 5.97 Å². The van der Waals surface area contributed by atoms with Gasteiger partial charge in [0.25, 0.3) is 0 Å². The van der Waals surface area contributed by atoms with Gasteiger partial charge in [0.1, 0.15) is 22.5 Å². The molecule has 0 aliphatic heterocycles. The van der Waals surface area contributed by atoms with Gasteiger partial charge in [-0.05, 0) is 47.4 Å². The van der Waals surface area contributed by atoms with Crippen LogP contribution in [0.1, 0.15) is 83.8 Å². The van der Waals surface area contributed by atoms with Gasteiger partial charge in [0.2, 0.25) is 0 Å². The van der Waals surface area contributed by atoms with E-state index in [0.717, 1.165) is 47.8 Å². The van der Waals surface area contributed by atoms with E-state index in [4.69, 9.17) is 0 Å². The second kappa shape index (κ2) is 9.72. The number of fused-ring (bicyclic) bond motifs is 1. The number of phenolic OH excluding ortho intramolecular Hbond substituents is 1. The Bertz CT molecular complexity index is 1050. The summed E-state index contributed by atoms with van der Waals surface area (Å²) < 4.78 is 0. The fourth-order valence-electron chi connectivity index (χ4n) is 4.08. The molecule has 0 bridgehead atoms. The minimum atomic E-state index is -0.812. The molecule has 0 saturated heterocycles. The molecule has 0 amide bonds. The van der Waals surface area contributed by atoms with E-state index in [1.165, 1.54) is 4.80 Å². The molecule has 6 heteroatoms. The molecular weight excluding hydrogens is 402 g/mol. The maximum absolute atomic E-state index is 11.7. The first-order valence-corrected chi connectivity index (χ1v) is 11.5. The van der Waals surface area contributed by atoms with E-state index in [2.05, 4.69) is 24.0 Å². The van der Waals surface area contributed by atoms with Gasteiger partial charge < -0.3 is 10.2 Å². The first-order chi connectivity index (χ1) is 15.1. The molecule has 32 heavy (non-hydrogen) atoms. The van der Waals surface area contributed by atoms with Crippen LogP contribution in [0, 0.1) is 5.92 Å². The van der Waals surface area contributed by atoms with E-state index in [1.54, 1.807) is 0 Å².